The number of nitrogens with zero attached hydrogens (tertiary/aromatic N) is 4. The van der Waals surface area contributed by atoms with Gasteiger partial charge in [-0.25, -0.2) is 4.98 Å². The van der Waals surface area contributed by atoms with Crippen LogP contribution in [0.4, 0.5) is 0 Å². The monoisotopic (exact) mass is 478 g/mol. The molecule has 1 saturated carbocycles. The predicted octanol–water partition coefficient (Wildman–Crippen LogP) is 3.57. The smallest absolute Gasteiger partial charge is 0.275 e. The van der Waals surface area contributed by atoms with Crippen molar-refractivity contribution in [3.63, 3.8) is 0 Å². The number of pyridine rings is 1. The Morgan fingerprint density at radius 3 is 2.94 bits per heavy atom. The summed E-state index contributed by atoms with van der Waals surface area (Å²) in [4.78, 5) is 32.9. The molecule has 1 aromatic carbocycles. The van der Waals surface area contributed by atoms with E-state index in [-0.39, 0.29) is 29.2 Å². The number of piperidine rings is 1. The molecule has 3 aliphatic rings. The number of aromatic amines is 1. The number of carbonyl (C=O) groups is 2. The molecule has 36 heavy (non-hydrogen) atoms. The van der Waals surface area contributed by atoms with E-state index in [9.17, 15) is 9.59 Å². The van der Waals surface area contributed by atoms with E-state index in [1.165, 1.54) is 0 Å². The van der Waals surface area contributed by atoms with Gasteiger partial charge in [0.15, 0.2) is 5.69 Å². The molecule has 4 aromatic rings. The zero-order chi connectivity index (χ0) is 24.4. The number of hydrogen-bond acceptors (Lipinski definition) is 4. The quantitative estimate of drug-likeness (QED) is 0.469. The summed E-state index contributed by atoms with van der Waals surface area (Å²) in [6, 6.07) is 13.5. The Hall–Kier alpha value is -4.20. The van der Waals surface area contributed by atoms with Crippen LogP contribution in [-0.4, -0.2) is 55.4 Å². The summed E-state index contributed by atoms with van der Waals surface area (Å²) in [5.41, 5.74) is 5.57. The molecular weight excluding hydrogens is 452 g/mol. The summed E-state index contributed by atoms with van der Waals surface area (Å²) >= 11 is 0. The van der Waals surface area contributed by atoms with Crippen molar-refractivity contribution in [2.24, 2.45) is 11.3 Å². The lowest BCUT2D eigenvalue weighted by Gasteiger charge is -2.22. The summed E-state index contributed by atoms with van der Waals surface area (Å²) in [7, 11) is 0. The molecule has 0 spiro atoms. The van der Waals surface area contributed by atoms with E-state index in [4.69, 9.17) is 0 Å². The molecule has 8 heteroatoms. The van der Waals surface area contributed by atoms with Crippen LogP contribution in [0.1, 0.15) is 45.4 Å². The Balaban J connectivity index is 1.04. The summed E-state index contributed by atoms with van der Waals surface area (Å²) < 4.78 is 1.97. The molecule has 1 aliphatic heterocycles. The third kappa shape index (κ3) is 3.21. The Bertz CT molecular complexity index is 1530. The van der Waals surface area contributed by atoms with E-state index in [1.807, 2.05) is 70.2 Å². The van der Waals surface area contributed by atoms with Gasteiger partial charge in [-0.3, -0.25) is 14.7 Å². The fraction of sp³-hybridized carbons (Fsp3) is 0.286. The third-order valence-electron chi connectivity index (χ3n) is 8.09. The average molecular weight is 479 g/mol. The number of allylic oxidation sites excluding steroid dienone is 1. The van der Waals surface area contributed by atoms with E-state index in [0.29, 0.717) is 24.3 Å². The number of imidazole rings is 1. The number of carbonyl (C=O) groups excluding carboxylic acids is 2. The molecule has 7 rings (SSSR count). The zero-order valence-corrected chi connectivity index (χ0v) is 19.9. The van der Waals surface area contributed by atoms with Crippen LogP contribution in [0, 0.1) is 11.3 Å². The zero-order valence-electron chi connectivity index (χ0n) is 19.9. The summed E-state index contributed by atoms with van der Waals surface area (Å²) in [5.74, 6) is 0.126. The molecule has 3 unspecified atom stereocenters. The molecule has 1 saturated heterocycles. The van der Waals surface area contributed by atoms with Gasteiger partial charge in [0, 0.05) is 65.2 Å². The highest BCUT2D eigenvalue weighted by atomic mass is 16.2. The highest BCUT2D eigenvalue weighted by Crippen LogP contribution is 2.57. The van der Waals surface area contributed by atoms with Gasteiger partial charge in [-0.1, -0.05) is 37.3 Å². The second-order valence-corrected chi connectivity index (χ2v) is 10.3. The third-order valence-corrected chi connectivity index (χ3v) is 8.09. The van der Waals surface area contributed by atoms with Gasteiger partial charge in [0.25, 0.3) is 11.8 Å². The van der Waals surface area contributed by atoms with Crippen molar-refractivity contribution in [2.75, 3.05) is 13.1 Å². The SMILES string of the molecule is CC12CN(C(=O)c3n[nH]c4c3C=CCC4)CC1C2NC(=O)c1cccc(-c2cn3ccccc3n2)c1. The largest absolute Gasteiger partial charge is 0.348 e. The number of aromatic nitrogens is 4. The Labute approximate surface area is 208 Å². The molecule has 180 valence electrons. The minimum absolute atomic E-state index is 0.0299. The van der Waals surface area contributed by atoms with Gasteiger partial charge in [0.2, 0.25) is 0 Å². The second kappa shape index (κ2) is 7.65. The molecule has 2 N–H and O–H groups in total. The van der Waals surface area contributed by atoms with Gasteiger partial charge in [-0.15, -0.1) is 0 Å². The van der Waals surface area contributed by atoms with Gasteiger partial charge in [0.1, 0.15) is 5.65 Å². The first-order valence-corrected chi connectivity index (χ1v) is 12.4. The first-order valence-electron chi connectivity index (χ1n) is 12.4. The van der Waals surface area contributed by atoms with Gasteiger partial charge in [0.05, 0.1) is 5.69 Å². The molecule has 2 amide bonds. The maximum absolute atomic E-state index is 13.2. The Morgan fingerprint density at radius 2 is 2.11 bits per heavy atom. The molecule has 0 bridgehead atoms. The van der Waals surface area contributed by atoms with Crippen molar-refractivity contribution in [1.82, 2.24) is 29.8 Å². The molecule has 3 aromatic heterocycles. The minimum Gasteiger partial charge on any atom is -0.348 e. The van der Waals surface area contributed by atoms with Crippen LogP contribution in [-0.2, 0) is 6.42 Å². The maximum atomic E-state index is 13.2. The van der Waals surface area contributed by atoms with Crippen molar-refractivity contribution < 1.29 is 9.59 Å². The molecule has 2 fully saturated rings. The molecular formula is C28H26N6O2. The molecule has 2 aliphatic carbocycles. The lowest BCUT2D eigenvalue weighted by atomic mass is 10.0. The number of fused-ring (bicyclic) bond motifs is 3. The number of amides is 2. The van der Waals surface area contributed by atoms with Gasteiger partial charge < -0.3 is 14.6 Å². The normalized spacial score (nSPS) is 24.0. The first kappa shape index (κ1) is 21.1. The van der Waals surface area contributed by atoms with Crippen LogP contribution >= 0.6 is 0 Å². The summed E-state index contributed by atoms with van der Waals surface area (Å²) in [6.07, 6.45) is 9.87. The van der Waals surface area contributed by atoms with E-state index in [2.05, 4.69) is 33.5 Å². The number of rotatable bonds is 4. The Morgan fingerprint density at radius 1 is 1.19 bits per heavy atom. The van der Waals surface area contributed by atoms with Gasteiger partial charge in [-0.2, -0.15) is 5.10 Å². The Kier molecular flexibility index (Phi) is 4.49. The lowest BCUT2D eigenvalue weighted by molar-refractivity contribution is 0.0752. The van der Waals surface area contributed by atoms with E-state index < -0.39 is 0 Å². The number of benzene rings is 1. The van der Waals surface area contributed by atoms with Crippen LogP contribution in [0.25, 0.3) is 23.0 Å². The topological polar surface area (TPSA) is 95.4 Å². The van der Waals surface area contributed by atoms with Gasteiger partial charge >= 0.3 is 0 Å². The van der Waals surface area contributed by atoms with Crippen molar-refractivity contribution in [3.05, 3.63) is 83.4 Å². The number of aryl methyl sites for hydroxylation is 1. The summed E-state index contributed by atoms with van der Waals surface area (Å²) in [5, 5.41) is 10.6. The molecule has 4 heterocycles. The lowest BCUT2D eigenvalue weighted by Crippen LogP contribution is -2.39. The summed E-state index contributed by atoms with van der Waals surface area (Å²) in [6.45, 7) is 3.41. The fourth-order valence-corrected chi connectivity index (χ4v) is 5.94. The standard InChI is InChI=1S/C28H26N6O2/c1-28-16-34(27(36)24-19-9-2-3-10-21(19)31-32-24)14-20(28)25(28)30-26(35)18-8-6-7-17(13-18)22-15-33-12-5-4-11-23(33)29-22/h2,4-9,11-13,15,20,25H,3,10,14,16H2,1H3,(H,30,35)(H,31,32). The van der Waals surface area contributed by atoms with Crippen molar-refractivity contribution in [3.8, 4) is 11.3 Å². The van der Waals surface area contributed by atoms with Crippen molar-refractivity contribution >= 4 is 23.5 Å². The first-order chi connectivity index (χ1) is 17.5. The second-order valence-electron chi connectivity index (χ2n) is 10.3. The predicted molar refractivity (Wildman–Crippen MR) is 135 cm³/mol. The van der Waals surface area contributed by atoms with E-state index in [0.717, 1.165) is 41.0 Å². The number of nitrogens with one attached hydrogen (secondary N) is 2. The number of hydrogen-bond donors (Lipinski definition) is 2. The van der Waals surface area contributed by atoms with Crippen LogP contribution < -0.4 is 5.32 Å². The van der Waals surface area contributed by atoms with Crippen molar-refractivity contribution in [1.29, 1.82) is 0 Å². The number of H-pyrrole nitrogens is 1. The highest BCUT2D eigenvalue weighted by molar-refractivity contribution is 5.97. The average Bonchev–Trinajstić information content (AvgIpc) is 3.40. The van der Waals surface area contributed by atoms with Crippen LogP contribution in [0.2, 0.25) is 0 Å². The highest BCUT2D eigenvalue weighted by Gasteiger charge is 2.67. The molecule has 0 radical (unpaired) electrons. The van der Waals surface area contributed by atoms with E-state index in [1.54, 1.807) is 0 Å². The van der Waals surface area contributed by atoms with Crippen LogP contribution in [0.3, 0.4) is 0 Å². The molecule has 8 nitrogen and oxygen atoms in total. The maximum Gasteiger partial charge on any atom is 0.275 e. The fourth-order valence-electron chi connectivity index (χ4n) is 5.94. The number of likely N-dealkylation sites (tertiary alicyclic amines) is 1. The molecule has 3 atom stereocenters. The van der Waals surface area contributed by atoms with Crippen LogP contribution in [0.5, 0.6) is 0 Å². The van der Waals surface area contributed by atoms with Crippen LogP contribution in [0.15, 0.2) is 60.9 Å². The van der Waals surface area contributed by atoms with Gasteiger partial charge in [-0.05, 0) is 37.1 Å². The van der Waals surface area contributed by atoms with Crippen molar-refractivity contribution in [2.45, 2.75) is 25.8 Å². The van der Waals surface area contributed by atoms with E-state index >= 15 is 0 Å². The minimum atomic E-state index is -0.114.